The fraction of sp³-hybridized carbons (Fsp3) is 0.769. The summed E-state index contributed by atoms with van der Waals surface area (Å²) < 4.78 is 5.00. The van der Waals surface area contributed by atoms with Gasteiger partial charge in [0.2, 0.25) is 5.91 Å². The number of ether oxygens (including phenoxy) is 1. The van der Waals surface area contributed by atoms with Gasteiger partial charge in [0, 0.05) is 6.54 Å². The molecule has 1 aliphatic heterocycles. The van der Waals surface area contributed by atoms with Gasteiger partial charge in [0.15, 0.2) is 0 Å². The third-order valence-corrected chi connectivity index (χ3v) is 2.91. The largest absolute Gasteiger partial charge is 0.443 e. The number of carbonyl (C=O) groups excluding carboxylic acids is 3. The highest BCUT2D eigenvalue weighted by Gasteiger charge is 2.35. The molecule has 3 amide bonds. The maximum absolute atomic E-state index is 12.0. The molecule has 0 aliphatic carbocycles. The summed E-state index contributed by atoms with van der Waals surface area (Å²) >= 11 is 0. The van der Waals surface area contributed by atoms with Crippen LogP contribution in [0.2, 0.25) is 0 Å². The van der Waals surface area contributed by atoms with E-state index in [1.807, 2.05) is 0 Å². The van der Waals surface area contributed by atoms with Crippen LogP contribution in [0.5, 0.6) is 0 Å². The lowest BCUT2D eigenvalue weighted by molar-refractivity contribution is -0.139. The summed E-state index contributed by atoms with van der Waals surface area (Å²) in [7, 11) is 0. The summed E-state index contributed by atoms with van der Waals surface area (Å²) in [5.74, 6) is -0.725. The number of nitrogens with two attached hydrogens (primary N) is 1. The van der Waals surface area contributed by atoms with Gasteiger partial charge in [0.1, 0.15) is 11.6 Å². The highest BCUT2D eigenvalue weighted by atomic mass is 16.6. The van der Waals surface area contributed by atoms with Gasteiger partial charge in [-0.2, -0.15) is 0 Å². The Hall–Kier alpha value is -1.83. The van der Waals surface area contributed by atoms with Gasteiger partial charge < -0.3 is 15.4 Å². The molecule has 0 spiro atoms. The molecule has 8 nitrogen and oxygen atoms in total. The van der Waals surface area contributed by atoms with Crippen molar-refractivity contribution in [2.75, 3.05) is 6.54 Å². The molecule has 0 aromatic rings. The summed E-state index contributed by atoms with van der Waals surface area (Å²) in [6.07, 6.45) is 0.516. The fourth-order valence-electron chi connectivity index (χ4n) is 2.06. The van der Waals surface area contributed by atoms with E-state index in [4.69, 9.17) is 10.5 Å². The monoisotopic (exact) mass is 300 g/mol. The second kappa shape index (κ2) is 6.75. The molecule has 0 aromatic carbocycles. The lowest BCUT2D eigenvalue weighted by Crippen LogP contribution is -2.54. The molecule has 2 atom stereocenters. The molecule has 0 saturated carbocycles. The smallest absolute Gasteiger partial charge is 0.426 e. The summed E-state index contributed by atoms with van der Waals surface area (Å²) in [6.45, 7) is 7.22. The topological polar surface area (TPSA) is 114 Å². The van der Waals surface area contributed by atoms with Crippen molar-refractivity contribution >= 4 is 17.9 Å². The van der Waals surface area contributed by atoms with Gasteiger partial charge >= 0.3 is 6.09 Å². The molecule has 21 heavy (non-hydrogen) atoms. The van der Waals surface area contributed by atoms with Crippen molar-refractivity contribution in [2.24, 2.45) is 5.73 Å². The summed E-state index contributed by atoms with van der Waals surface area (Å²) in [4.78, 5) is 36.8. The first-order valence-corrected chi connectivity index (χ1v) is 6.96. The molecule has 1 rings (SSSR count). The lowest BCUT2D eigenvalue weighted by atomic mass is 10.2. The van der Waals surface area contributed by atoms with E-state index in [1.165, 1.54) is 4.90 Å². The van der Waals surface area contributed by atoms with Crippen molar-refractivity contribution in [2.45, 2.75) is 58.2 Å². The zero-order valence-corrected chi connectivity index (χ0v) is 12.9. The maximum atomic E-state index is 12.0. The Labute approximate surface area is 124 Å². The number of hydrogen-bond acceptors (Lipinski definition) is 5. The maximum Gasteiger partial charge on any atom is 0.426 e. The van der Waals surface area contributed by atoms with Crippen LogP contribution in [0.3, 0.4) is 0 Å². The standard InChI is InChI=1S/C13H24N4O4/c1-8(14)11(19)17-7-5-6-9(17)10(18)15-16-12(20)21-13(2,3)4/h8-9H,5-7,14H2,1-4H3,(H,15,18)(H,16,20)/t8-,9-/m0/s1. The number of amides is 3. The number of nitrogens with one attached hydrogen (secondary N) is 2. The van der Waals surface area contributed by atoms with Gasteiger partial charge in [-0.05, 0) is 40.5 Å². The minimum Gasteiger partial charge on any atom is -0.443 e. The highest BCUT2D eigenvalue weighted by molar-refractivity contribution is 5.90. The van der Waals surface area contributed by atoms with Gasteiger partial charge in [-0.15, -0.1) is 0 Å². The molecule has 1 fully saturated rings. The van der Waals surface area contributed by atoms with Crippen LogP contribution in [0.4, 0.5) is 4.79 Å². The quantitative estimate of drug-likeness (QED) is 0.615. The number of hydrazine groups is 1. The minimum atomic E-state index is -0.751. The van der Waals surface area contributed by atoms with Crippen molar-refractivity contribution in [3.05, 3.63) is 0 Å². The number of carbonyl (C=O) groups is 3. The van der Waals surface area contributed by atoms with Crippen LogP contribution in [0.25, 0.3) is 0 Å². The zero-order chi connectivity index (χ0) is 16.2. The van der Waals surface area contributed by atoms with Gasteiger partial charge in [-0.3, -0.25) is 15.0 Å². The van der Waals surface area contributed by atoms with E-state index in [-0.39, 0.29) is 5.91 Å². The second-order valence-corrected chi connectivity index (χ2v) is 6.09. The van der Waals surface area contributed by atoms with Crippen molar-refractivity contribution in [1.29, 1.82) is 0 Å². The van der Waals surface area contributed by atoms with E-state index >= 15 is 0 Å². The number of nitrogens with zero attached hydrogens (tertiary/aromatic N) is 1. The Kier molecular flexibility index (Phi) is 5.54. The number of hydrogen-bond donors (Lipinski definition) is 3. The SMILES string of the molecule is C[C@H](N)C(=O)N1CCC[C@H]1C(=O)NNC(=O)OC(C)(C)C. The predicted octanol–water partition coefficient (Wildman–Crippen LogP) is -0.119. The summed E-state index contributed by atoms with van der Waals surface area (Å²) in [6, 6.07) is -1.27. The van der Waals surface area contributed by atoms with Gasteiger partial charge in [-0.25, -0.2) is 10.2 Å². The minimum absolute atomic E-state index is 0.273. The Balaban J connectivity index is 2.51. The molecule has 8 heteroatoms. The van der Waals surface area contributed by atoms with Crippen molar-refractivity contribution in [3.63, 3.8) is 0 Å². The van der Waals surface area contributed by atoms with Crippen LogP contribution < -0.4 is 16.6 Å². The second-order valence-electron chi connectivity index (χ2n) is 6.09. The number of rotatable bonds is 2. The van der Waals surface area contributed by atoms with E-state index in [0.29, 0.717) is 13.0 Å². The first-order chi connectivity index (χ1) is 9.61. The third kappa shape index (κ3) is 5.22. The Morgan fingerprint density at radius 3 is 2.43 bits per heavy atom. The van der Waals surface area contributed by atoms with E-state index < -0.39 is 29.7 Å². The fourth-order valence-corrected chi connectivity index (χ4v) is 2.06. The molecule has 1 saturated heterocycles. The number of likely N-dealkylation sites (tertiary alicyclic amines) is 1. The van der Waals surface area contributed by atoms with Crippen LogP contribution in [0.1, 0.15) is 40.5 Å². The first kappa shape index (κ1) is 17.2. The molecule has 120 valence electrons. The molecule has 0 unspecified atom stereocenters. The van der Waals surface area contributed by atoms with Crippen LogP contribution in [-0.4, -0.2) is 47.0 Å². The Morgan fingerprint density at radius 1 is 1.29 bits per heavy atom. The molecule has 1 aliphatic rings. The summed E-state index contributed by atoms with van der Waals surface area (Å²) in [5.41, 5.74) is 9.35. The van der Waals surface area contributed by atoms with E-state index in [0.717, 1.165) is 6.42 Å². The van der Waals surface area contributed by atoms with Crippen molar-refractivity contribution in [3.8, 4) is 0 Å². The summed E-state index contributed by atoms with van der Waals surface area (Å²) in [5, 5.41) is 0. The van der Waals surface area contributed by atoms with E-state index in [1.54, 1.807) is 27.7 Å². The molecule has 4 N–H and O–H groups in total. The zero-order valence-electron chi connectivity index (χ0n) is 12.9. The normalized spacial score (nSPS) is 19.9. The van der Waals surface area contributed by atoms with Crippen LogP contribution in [0.15, 0.2) is 0 Å². The molecular weight excluding hydrogens is 276 g/mol. The Bertz CT molecular complexity index is 417. The van der Waals surface area contributed by atoms with Gasteiger partial charge in [-0.1, -0.05) is 0 Å². The lowest BCUT2D eigenvalue weighted by Gasteiger charge is -2.26. The van der Waals surface area contributed by atoms with Gasteiger partial charge in [0.05, 0.1) is 6.04 Å². The molecular formula is C13H24N4O4. The molecule has 0 aromatic heterocycles. The molecule has 0 bridgehead atoms. The van der Waals surface area contributed by atoms with Gasteiger partial charge in [0.25, 0.3) is 5.91 Å². The molecule has 0 radical (unpaired) electrons. The average molecular weight is 300 g/mol. The average Bonchev–Trinajstić information content (AvgIpc) is 2.81. The van der Waals surface area contributed by atoms with Crippen LogP contribution >= 0.6 is 0 Å². The third-order valence-electron chi connectivity index (χ3n) is 2.91. The van der Waals surface area contributed by atoms with Crippen LogP contribution in [0, 0.1) is 0 Å². The Morgan fingerprint density at radius 2 is 1.90 bits per heavy atom. The highest BCUT2D eigenvalue weighted by Crippen LogP contribution is 2.18. The molecule has 1 heterocycles. The van der Waals surface area contributed by atoms with Crippen molar-refractivity contribution < 1.29 is 19.1 Å². The predicted molar refractivity (Wildman–Crippen MR) is 75.9 cm³/mol. The van der Waals surface area contributed by atoms with E-state index in [2.05, 4.69) is 10.9 Å². The van der Waals surface area contributed by atoms with E-state index in [9.17, 15) is 14.4 Å². The van der Waals surface area contributed by atoms with Crippen molar-refractivity contribution in [1.82, 2.24) is 15.8 Å². The first-order valence-electron chi connectivity index (χ1n) is 6.96. The van der Waals surface area contributed by atoms with Crippen LogP contribution in [-0.2, 0) is 14.3 Å².